The summed E-state index contributed by atoms with van der Waals surface area (Å²) in [6.07, 6.45) is 6.61. The molecule has 3 rings (SSSR count). The van der Waals surface area contributed by atoms with Crippen molar-refractivity contribution in [3.05, 3.63) is 23.1 Å². The zero-order valence-corrected chi connectivity index (χ0v) is 10.4. The Morgan fingerprint density at radius 3 is 3.00 bits per heavy atom. The molecule has 0 radical (unpaired) electrons. The first-order valence-corrected chi connectivity index (χ1v) is 6.28. The first kappa shape index (κ1) is 11.1. The number of ether oxygens (including phenoxy) is 2. The minimum atomic E-state index is -0.0803. The Balaban J connectivity index is 2.03. The molecule has 2 unspecified atom stereocenters. The Morgan fingerprint density at radius 2 is 2.24 bits per heavy atom. The van der Waals surface area contributed by atoms with E-state index < -0.39 is 0 Å². The molecule has 17 heavy (non-hydrogen) atoms. The fraction of sp³-hybridized carbons (Fsp3) is 0.692. The monoisotopic (exact) mass is 237 g/mol. The molecule has 0 aromatic heterocycles. The molecule has 4 heteroatoms. The lowest BCUT2D eigenvalue weighted by Crippen LogP contribution is -2.41. The minimum Gasteiger partial charge on any atom is -0.492 e. The molecule has 0 N–H and O–H groups in total. The predicted molar refractivity (Wildman–Crippen MR) is 62.7 cm³/mol. The van der Waals surface area contributed by atoms with Crippen LogP contribution in [0.4, 0.5) is 0 Å². The van der Waals surface area contributed by atoms with Crippen LogP contribution in [0.2, 0.25) is 0 Å². The van der Waals surface area contributed by atoms with Crippen LogP contribution in [0.3, 0.4) is 0 Å². The molecule has 4 nitrogen and oxygen atoms in total. The molecule has 1 fully saturated rings. The van der Waals surface area contributed by atoms with E-state index in [9.17, 15) is 0 Å². The van der Waals surface area contributed by atoms with Crippen LogP contribution >= 0.6 is 0 Å². The predicted octanol–water partition coefficient (Wildman–Crippen LogP) is 2.19. The molecule has 94 valence electrons. The minimum absolute atomic E-state index is 0.0803. The number of nitrogens with zero attached hydrogens (tertiary/aromatic N) is 1. The summed E-state index contributed by atoms with van der Waals surface area (Å²) < 4.78 is 11.3. The molecule has 3 aliphatic rings. The highest BCUT2D eigenvalue weighted by Crippen LogP contribution is 2.44. The maximum atomic E-state index is 5.77. The Morgan fingerprint density at radius 1 is 1.35 bits per heavy atom. The van der Waals surface area contributed by atoms with Gasteiger partial charge in [-0.1, -0.05) is 0 Å². The van der Waals surface area contributed by atoms with Gasteiger partial charge in [0.2, 0.25) is 0 Å². The number of rotatable bonds is 2. The van der Waals surface area contributed by atoms with Crippen molar-refractivity contribution < 1.29 is 14.3 Å². The Hall–Kier alpha value is -1.00. The first-order chi connectivity index (χ1) is 8.35. The summed E-state index contributed by atoms with van der Waals surface area (Å²) >= 11 is 0. The van der Waals surface area contributed by atoms with Crippen LogP contribution in [0.5, 0.6) is 0 Å². The van der Waals surface area contributed by atoms with Gasteiger partial charge in [0.15, 0.2) is 6.23 Å². The highest BCUT2D eigenvalue weighted by Gasteiger charge is 2.38. The van der Waals surface area contributed by atoms with Gasteiger partial charge < -0.3 is 9.47 Å². The van der Waals surface area contributed by atoms with Gasteiger partial charge >= 0.3 is 0 Å². The fourth-order valence-corrected chi connectivity index (χ4v) is 3.21. The van der Waals surface area contributed by atoms with E-state index in [1.807, 2.05) is 6.20 Å². The third-order valence-electron chi connectivity index (χ3n) is 3.95. The second kappa shape index (κ2) is 4.35. The van der Waals surface area contributed by atoms with Gasteiger partial charge in [0.25, 0.3) is 0 Å². The van der Waals surface area contributed by atoms with Gasteiger partial charge in [-0.15, -0.1) is 0 Å². The first-order valence-electron chi connectivity index (χ1n) is 6.28. The van der Waals surface area contributed by atoms with Crippen molar-refractivity contribution in [1.29, 1.82) is 0 Å². The Kier molecular flexibility index (Phi) is 2.84. The topological polar surface area (TPSA) is 30.9 Å². The van der Waals surface area contributed by atoms with Gasteiger partial charge in [-0.25, -0.2) is 5.06 Å². The third-order valence-corrected chi connectivity index (χ3v) is 3.95. The standard InChI is InChI=1S/C13H19NO3/c1-15-13-10-5-3-4-9-6-7-17-11(12(9)10)8-14(13)16-2/h8-9,13H,3-7H2,1-2H3. The van der Waals surface area contributed by atoms with Crippen molar-refractivity contribution in [1.82, 2.24) is 5.06 Å². The van der Waals surface area contributed by atoms with Crippen LogP contribution in [0.15, 0.2) is 23.1 Å². The van der Waals surface area contributed by atoms with E-state index in [0.29, 0.717) is 5.92 Å². The van der Waals surface area contributed by atoms with Crippen LogP contribution in [-0.2, 0) is 14.3 Å². The maximum Gasteiger partial charge on any atom is 0.175 e. The van der Waals surface area contributed by atoms with E-state index in [-0.39, 0.29) is 6.23 Å². The van der Waals surface area contributed by atoms with Crippen molar-refractivity contribution in [3.63, 3.8) is 0 Å². The molecule has 2 aliphatic heterocycles. The molecule has 0 saturated carbocycles. The van der Waals surface area contributed by atoms with Crippen molar-refractivity contribution in [3.8, 4) is 0 Å². The van der Waals surface area contributed by atoms with E-state index in [2.05, 4.69) is 0 Å². The smallest absolute Gasteiger partial charge is 0.175 e. The van der Waals surface area contributed by atoms with Crippen LogP contribution in [0, 0.1) is 5.92 Å². The summed E-state index contributed by atoms with van der Waals surface area (Å²) in [7, 11) is 3.40. The van der Waals surface area contributed by atoms with Gasteiger partial charge in [0, 0.05) is 12.7 Å². The average molecular weight is 237 g/mol. The molecule has 1 saturated heterocycles. The van der Waals surface area contributed by atoms with Crippen LogP contribution < -0.4 is 0 Å². The zero-order chi connectivity index (χ0) is 11.8. The lowest BCUT2D eigenvalue weighted by molar-refractivity contribution is -0.188. The summed E-state index contributed by atoms with van der Waals surface area (Å²) in [5.41, 5.74) is 2.74. The van der Waals surface area contributed by atoms with Gasteiger partial charge in [0.1, 0.15) is 5.76 Å². The van der Waals surface area contributed by atoms with E-state index in [1.54, 1.807) is 19.3 Å². The third kappa shape index (κ3) is 1.67. The number of allylic oxidation sites excluding steroid dienone is 1. The van der Waals surface area contributed by atoms with Crippen molar-refractivity contribution in [2.45, 2.75) is 31.9 Å². The number of hydrogen-bond acceptors (Lipinski definition) is 4. The number of methoxy groups -OCH3 is 1. The molecule has 0 amide bonds. The van der Waals surface area contributed by atoms with Crippen LogP contribution in [0.25, 0.3) is 0 Å². The Labute approximate surface area is 102 Å². The lowest BCUT2D eigenvalue weighted by atomic mass is 9.77. The molecule has 2 atom stereocenters. The quantitative estimate of drug-likeness (QED) is 0.736. The molecule has 2 heterocycles. The number of hydroxylamine groups is 2. The molecule has 0 aromatic rings. The van der Waals surface area contributed by atoms with Crippen LogP contribution in [-0.4, -0.2) is 32.1 Å². The molecular weight excluding hydrogens is 218 g/mol. The molecule has 0 spiro atoms. The lowest BCUT2D eigenvalue weighted by Gasteiger charge is -2.42. The summed E-state index contributed by atoms with van der Waals surface area (Å²) in [5, 5.41) is 1.75. The summed E-state index contributed by atoms with van der Waals surface area (Å²) in [5.74, 6) is 1.65. The SMILES string of the molecule is COC1C2=C3C(=CN1OC)OCCC3CCC2. The second-order valence-corrected chi connectivity index (χ2v) is 4.79. The van der Waals surface area contributed by atoms with Crippen LogP contribution in [0.1, 0.15) is 25.7 Å². The fourth-order valence-electron chi connectivity index (χ4n) is 3.21. The summed E-state index contributed by atoms with van der Waals surface area (Å²) in [6, 6.07) is 0. The van der Waals surface area contributed by atoms with Gasteiger partial charge in [0.05, 0.1) is 19.9 Å². The maximum absolute atomic E-state index is 5.77. The summed E-state index contributed by atoms with van der Waals surface area (Å²) in [6.45, 7) is 0.822. The van der Waals surface area contributed by atoms with E-state index in [1.165, 1.54) is 24.0 Å². The summed E-state index contributed by atoms with van der Waals surface area (Å²) in [4.78, 5) is 5.35. The van der Waals surface area contributed by atoms with Gasteiger partial charge in [-0.05, 0) is 37.2 Å². The molecule has 1 aliphatic carbocycles. The Bertz CT molecular complexity index is 375. The molecule has 0 aromatic carbocycles. The average Bonchev–Trinajstić information content (AvgIpc) is 2.39. The van der Waals surface area contributed by atoms with E-state index >= 15 is 0 Å². The normalized spacial score (nSPS) is 31.9. The van der Waals surface area contributed by atoms with Gasteiger partial charge in [-0.2, -0.15) is 0 Å². The van der Waals surface area contributed by atoms with E-state index in [0.717, 1.165) is 25.2 Å². The van der Waals surface area contributed by atoms with Crippen molar-refractivity contribution in [2.24, 2.45) is 5.92 Å². The van der Waals surface area contributed by atoms with Crippen molar-refractivity contribution in [2.75, 3.05) is 20.8 Å². The molecular formula is C13H19NO3. The molecule has 0 bridgehead atoms. The largest absolute Gasteiger partial charge is 0.492 e. The highest BCUT2D eigenvalue weighted by molar-refractivity contribution is 5.40. The van der Waals surface area contributed by atoms with Crippen molar-refractivity contribution >= 4 is 0 Å². The van der Waals surface area contributed by atoms with Gasteiger partial charge in [-0.3, -0.25) is 4.84 Å². The zero-order valence-electron chi connectivity index (χ0n) is 10.4. The highest BCUT2D eigenvalue weighted by atomic mass is 16.7. The van der Waals surface area contributed by atoms with E-state index in [4.69, 9.17) is 14.3 Å². The second-order valence-electron chi connectivity index (χ2n) is 4.79. The number of hydrogen-bond donors (Lipinski definition) is 0.